The van der Waals surface area contributed by atoms with Gasteiger partial charge in [-0.1, -0.05) is 19.8 Å². The summed E-state index contributed by atoms with van der Waals surface area (Å²) in [6, 6.07) is 0. The Labute approximate surface area is 123 Å². The highest BCUT2D eigenvalue weighted by atomic mass is 16.5. The molecule has 1 atom stereocenters. The molecule has 1 N–H and O–H groups in total. The highest BCUT2D eigenvalue weighted by Gasteiger charge is 2.40. The number of carbonyl (C=O) groups is 1. The lowest BCUT2D eigenvalue weighted by Gasteiger charge is -2.40. The molecule has 2 aliphatic rings. The Morgan fingerprint density at radius 1 is 1.20 bits per heavy atom. The minimum absolute atomic E-state index is 0.0768. The van der Waals surface area contributed by atoms with Crippen LogP contribution in [0.4, 0.5) is 0 Å². The summed E-state index contributed by atoms with van der Waals surface area (Å²) in [5, 5.41) is 3.19. The van der Waals surface area contributed by atoms with Crippen molar-refractivity contribution in [1.29, 1.82) is 0 Å². The first-order chi connectivity index (χ1) is 9.52. The molecule has 1 heterocycles. The van der Waals surface area contributed by atoms with Crippen LogP contribution in [0, 0.1) is 0 Å². The minimum Gasteiger partial charge on any atom is -0.365 e. The molecule has 20 heavy (non-hydrogen) atoms. The first kappa shape index (κ1) is 15.8. The first-order valence-electron chi connectivity index (χ1n) is 8.16. The summed E-state index contributed by atoms with van der Waals surface area (Å²) >= 11 is 0. The topological polar surface area (TPSA) is 41.6 Å². The molecule has 4 nitrogen and oxygen atoms in total. The molecule has 1 unspecified atom stereocenters. The van der Waals surface area contributed by atoms with Crippen LogP contribution in [0.1, 0.15) is 58.8 Å². The molecule has 0 spiro atoms. The maximum atomic E-state index is 12.5. The van der Waals surface area contributed by atoms with Gasteiger partial charge in [-0.25, -0.2) is 0 Å². The molecule has 0 bridgehead atoms. The standard InChI is InChI=1S/C16H30N2O2/c1-4-18(3)16(10-5-6-11-16)13-17-14(19)15(2)9-7-8-12-20-15/h4-13H2,1-3H3,(H,17,19). The first-order valence-corrected chi connectivity index (χ1v) is 8.16. The van der Waals surface area contributed by atoms with Gasteiger partial charge in [0, 0.05) is 18.7 Å². The van der Waals surface area contributed by atoms with Crippen LogP contribution >= 0.6 is 0 Å². The Morgan fingerprint density at radius 2 is 1.85 bits per heavy atom. The molecule has 0 aromatic carbocycles. The van der Waals surface area contributed by atoms with Crippen LogP contribution in [0.25, 0.3) is 0 Å². The van der Waals surface area contributed by atoms with Gasteiger partial charge in [-0.05, 0) is 52.6 Å². The second kappa shape index (κ2) is 6.44. The summed E-state index contributed by atoms with van der Waals surface area (Å²) in [5.74, 6) is 0.0768. The van der Waals surface area contributed by atoms with Gasteiger partial charge in [0.1, 0.15) is 5.60 Å². The molecule has 0 aromatic rings. The third-order valence-corrected chi connectivity index (χ3v) is 5.35. The number of ether oxygens (including phenoxy) is 1. The lowest BCUT2D eigenvalue weighted by atomic mass is 9.92. The van der Waals surface area contributed by atoms with Crippen molar-refractivity contribution in [2.75, 3.05) is 26.7 Å². The van der Waals surface area contributed by atoms with Gasteiger partial charge in [-0.2, -0.15) is 0 Å². The van der Waals surface area contributed by atoms with Crippen LogP contribution in [0.15, 0.2) is 0 Å². The third kappa shape index (κ3) is 3.17. The number of rotatable bonds is 5. The van der Waals surface area contributed by atoms with Crippen LogP contribution in [-0.4, -0.2) is 48.7 Å². The van der Waals surface area contributed by atoms with Crippen molar-refractivity contribution in [1.82, 2.24) is 10.2 Å². The van der Waals surface area contributed by atoms with E-state index in [0.717, 1.165) is 32.4 Å². The number of amides is 1. The monoisotopic (exact) mass is 282 g/mol. The van der Waals surface area contributed by atoms with Crippen LogP contribution < -0.4 is 5.32 Å². The zero-order valence-electron chi connectivity index (χ0n) is 13.3. The summed E-state index contributed by atoms with van der Waals surface area (Å²) in [5.41, 5.74) is -0.446. The Balaban J connectivity index is 1.94. The van der Waals surface area contributed by atoms with E-state index < -0.39 is 5.60 Å². The molecule has 1 saturated carbocycles. The minimum atomic E-state index is -0.608. The van der Waals surface area contributed by atoms with Gasteiger partial charge in [0.05, 0.1) is 0 Å². The van der Waals surface area contributed by atoms with E-state index in [2.05, 4.69) is 24.2 Å². The van der Waals surface area contributed by atoms with Crippen molar-refractivity contribution < 1.29 is 9.53 Å². The number of hydrogen-bond donors (Lipinski definition) is 1. The fourth-order valence-corrected chi connectivity index (χ4v) is 3.61. The third-order valence-electron chi connectivity index (χ3n) is 5.35. The van der Waals surface area contributed by atoms with Gasteiger partial charge < -0.3 is 10.1 Å². The number of nitrogens with zero attached hydrogens (tertiary/aromatic N) is 1. The van der Waals surface area contributed by atoms with E-state index in [1.807, 2.05) is 6.92 Å². The molecule has 4 heteroatoms. The highest BCUT2D eigenvalue weighted by molar-refractivity contribution is 5.84. The molecule has 1 aliphatic heterocycles. The molecule has 116 valence electrons. The van der Waals surface area contributed by atoms with Crippen molar-refractivity contribution in [2.24, 2.45) is 0 Å². The number of nitrogens with one attached hydrogen (secondary N) is 1. The Kier molecular flexibility index (Phi) is 5.08. The molecule has 2 fully saturated rings. The lowest BCUT2D eigenvalue weighted by molar-refractivity contribution is -0.151. The van der Waals surface area contributed by atoms with Crippen LogP contribution in [0.3, 0.4) is 0 Å². The van der Waals surface area contributed by atoms with E-state index in [9.17, 15) is 4.79 Å². The van der Waals surface area contributed by atoms with Crippen molar-refractivity contribution in [3.05, 3.63) is 0 Å². The summed E-state index contributed by atoms with van der Waals surface area (Å²) in [6.45, 7) is 6.63. The fraction of sp³-hybridized carbons (Fsp3) is 0.938. The van der Waals surface area contributed by atoms with Gasteiger partial charge in [0.15, 0.2) is 0 Å². The zero-order valence-corrected chi connectivity index (χ0v) is 13.3. The van der Waals surface area contributed by atoms with Crippen LogP contribution in [-0.2, 0) is 9.53 Å². The molecular weight excluding hydrogens is 252 g/mol. The second-order valence-electron chi connectivity index (χ2n) is 6.66. The van der Waals surface area contributed by atoms with E-state index in [4.69, 9.17) is 4.74 Å². The summed E-state index contributed by atoms with van der Waals surface area (Å²) in [4.78, 5) is 14.9. The predicted molar refractivity (Wildman–Crippen MR) is 80.7 cm³/mol. The van der Waals surface area contributed by atoms with E-state index in [1.54, 1.807) is 0 Å². The molecular formula is C16H30N2O2. The fourth-order valence-electron chi connectivity index (χ4n) is 3.61. The van der Waals surface area contributed by atoms with Crippen LogP contribution in [0.2, 0.25) is 0 Å². The van der Waals surface area contributed by atoms with Crippen molar-refractivity contribution in [3.8, 4) is 0 Å². The molecule has 1 amide bonds. The molecule has 1 aliphatic carbocycles. The van der Waals surface area contributed by atoms with Crippen molar-refractivity contribution in [2.45, 2.75) is 69.9 Å². The van der Waals surface area contributed by atoms with E-state index in [1.165, 1.54) is 25.7 Å². The predicted octanol–water partition coefficient (Wildman–Crippen LogP) is 2.33. The van der Waals surface area contributed by atoms with E-state index in [-0.39, 0.29) is 11.4 Å². The van der Waals surface area contributed by atoms with E-state index in [0.29, 0.717) is 6.61 Å². The molecule has 1 saturated heterocycles. The Morgan fingerprint density at radius 3 is 2.40 bits per heavy atom. The zero-order chi connectivity index (χ0) is 14.6. The molecule has 0 aromatic heterocycles. The van der Waals surface area contributed by atoms with Gasteiger partial charge in [-0.15, -0.1) is 0 Å². The summed E-state index contributed by atoms with van der Waals surface area (Å²) in [7, 11) is 2.18. The van der Waals surface area contributed by atoms with E-state index >= 15 is 0 Å². The maximum Gasteiger partial charge on any atom is 0.252 e. The van der Waals surface area contributed by atoms with Gasteiger partial charge >= 0.3 is 0 Å². The lowest BCUT2D eigenvalue weighted by Crippen LogP contribution is -2.56. The smallest absolute Gasteiger partial charge is 0.252 e. The summed E-state index contributed by atoms with van der Waals surface area (Å²) in [6.07, 6.45) is 7.93. The summed E-state index contributed by atoms with van der Waals surface area (Å²) < 4.78 is 5.74. The second-order valence-corrected chi connectivity index (χ2v) is 6.66. The Hall–Kier alpha value is -0.610. The number of carbonyl (C=O) groups excluding carboxylic acids is 1. The normalized spacial score (nSPS) is 29.6. The SMILES string of the molecule is CCN(C)C1(CNC(=O)C2(C)CCCCO2)CCCC1. The maximum absolute atomic E-state index is 12.5. The van der Waals surface area contributed by atoms with Crippen molar-refractivity contribution >= 4 is 5.91 Å². The van der Waals surface area contributed by atoms with Crippen molar-refractivity contribution in [3.63, 3.8) is 0 Å². The average molecular weight is 282 g/mol. The molecule has 0 radical (unpaired) electrons. The van der Waals surface area contributed by atoms with Gasteiger partial charge in [-0.3, -0.25) is 9.69 Å². The van der Waals surface area contributed by atoms with Gasteiger partial charge in [0.2, 0.25) is 0 Å². The van der Waals surface area contributed by atoms with Crippen LogP contribution in [0.5, 0.6) is 0 Å². The molecule has 2 rings (SSSR count). The quantitative estimate of drug-likeness (QED) is 0.841. The number of hydrogen-bond acceptors (Lipinski definition) is 3. The Bertz CT molecular complexity index is 331. The largest absolute Gasteiger partial charge is 0.365 e. The number of likely N-dealkylation sites (N-methyl/N-ethyl adjacent to an activating group) is 1. The van der Waals surface area contributed by atoms with Gasteiger partial charge in [0.25, 0.3) is 5.91 Å². The highest BCUT2D eigenvalue weighted by Crippen LogP contribution is 2.34. The average Bonchev–Trinajstić information content (AvgIpc) is 2.94.